The van der Waals surface area contributed by atoms with Gasteiger partial charge in [-0.3, -0.25) is 14.2 Å². The summed E-state index contributed by atoms with van der Waals surface area (Å²) in [5.74, 6) is -0.00417. The maximum absolute atomic E-state index is 12.8. The zero-order valence-corrected chi connectivity index (χ0v) is 18.8. The van der Waals surface area contributed by atoms with Crippen LogP contribution in [0, 0.1) is 0 Å². The first-order valence-electron chi connectivity index (χ1n) is 9.27. The number of methoxy groups -OCH3 is 1. The average molecular weight is 476 g/mol. The molecular weight excluding hydrogens is 454 g/mol. The number of anilines is 2. The SMILES string of the molecule is CNC(=O)c1ccc(S(=O)(=O)Nc2cccc(S(=O)(=O)Nc3ccccc3OC)c2)cc1. The van der Waals surface area contributed by atoms with Crippen molar-refractivity contribution >= 4 is 37.3 Å². The quantitative estimate of drug-likeness (QED) is 0.459. The maximum atomic E-state index is 12.8. The third-order valence-corrected chi connectivity index (χ3v) is 7.16. The molecule has 0 fully saturated rings. The standard InChI is InChI=1S/C21H21N3O6S2/c1-22-21(25)15-10-12-17(13-11-15)31(26,27)23-16-6-5-7-18(14-16)32(28,29)24-19-8-3-4-9-20(19)30-2/h3-14,23-24H,1-2H3,(H,22,25). The molecule has 3 aromatic rings. The van der Waals surface area contributed by atoms with Gasteiger partial charge >= 0.3 is 0 Å². The summed E-state index contributed by atoms with van der Waals surface area (Å²) >= 11 is 0. The van der Waals surface area contributed by atoms with Crippen LogP contribution in [0.2, 0.25) is 0 Å². The molecule has 0 aliphatic carbocycles. The lowest BCUT2D eigenvalue weighted by molar-refractivity contribution is 0.0963. The Labute approximate surface area is 186 Å². The highest BCUT2D eigenvalue weighted by Crippen LogP contribution is 2.27. The predicted molar refractivity (Wildman–Crippen MR) is 121 cm³/mol. The number of hydrogen-bond donors (Lipinski definition) is 3. The van der Waals surface area contributed by atoms with Crippen LogP contribution < -0.4 is 19.5 Å². The van der Waals surface area contributed by atoms with Gasteiger partial charge in [-0.15, -0.1) is 0 Å². The molecule has 0 aliphatic heterocycles. The van der Waals surface area contributed by atoms with Crippen molar-refractivity contribution in [1.82, 2.24) is 5.32 Å². The fourth-order valence-corrected chi connectivity index (χ4v) is 4.97. The van der Waals surface area contributed by atoms with E-state index in [1.807, 2.05) is 0 Å². The van der Waals surface area contributed by atoms with Crippen molar-refractivity contribution in [1.29, 1.82) is 0 Å². The van der Waals surface area contributed by atoms with Crippen LogP contribution in [0.4, 0.5) is 11.4 Å². The van der Waals surface area contributed by atoms with Crippen molar-refractivity contribution in [2.24, 2.45) is 0 Å². The van der Waals surface area contributed by atoms with E-state index in [9.17, 15) is 21.6 Å². The molecule has 0 radical (unpaired) electrons. The number of nitrogens with one attached hydrogen (secondary N) is 3. The Morgan fingerprint density at radius 3 is 2.09 bits per heavy atom. The number of hydrogen-bond acceptors (Lipinski definition) is 6. The third kappa shape index (κ3) is 5.18. The second-order valence-electron chi connectivity index (χ2n) is 6.54. The summed E-state index contributed by atoms with van der Waals surface area (Å²) in [7, 11) is -5.14. The second-order valence-corrected chi connectivity index (χ2v) is 9.91. The highest BCUT2D eigenvalue weighted by molar-refractivity contribution is 7.93. The molecule has 32 heavy (non-hydrogen) atoms. The average Bonchev–Trinajstić information content (AvgIpc) is 2.78. The summed E-state index contributed by atoms with van der Waals surface area (Å²) in [6, 6.07) is 17.2. The summed E-state index contributed by atoms with van der Waals surface area (Å²) in [5.41, 5.74) is 0.613. The van der Waals surface area contributed by atoms with Crippen LogP contribution >= 0.6 is 0 Å². The molecular formula is C21H21N3O6S2. The van der Waals surface area contributed by atoms with Crippen LogP contribution in [0.1, 0.15) is 10.4 Å². The summed E-state index contributed by atoms with van der Waals surface area (Å²) in [6.45, 7) is 0. The molecule has 168 valence electrons. The molecule has 11 heteroatoms. The van der Waals surface area contributed by atoms with E-state index in [-0.39, 0.29) is 27.1 Å². The molecule has 3 N–H and O–H groups in total. The van der Waals surface area contributed by atoms with E-state index in [2.05, 4.69) is 14.8 Å². The van der Waals surface area contributed by atoms with Crippen molar-refractivity contribution in [3.05, 3.63) is 78.4 Å². The minimum absolute atomic E-state index is 0.0586. The van der Waals surface area contributed by atoms with E-state index in [1.54, 1.807) is 24.3 Å². The van der Waals surface area contributed by atoms with E-state index >= 15 is 0 Å². The molecule has 3 aromatic carbocycles. The van der Waals surface area contributed by atoms with Gasteiger partial charge in [-0.05, 0) is 54.6 Å². The number of para-hydroxylation sites is 2. The van der Waals surface area contributed by atoms with Crippen LogP contribution in [0.3, 0.4) is 0 Å². The summed E-state index contributed by atoms with van der Waals surface area (Å²) < 4.78 is 60.9. The highest BCUT2D eigenvalue weighted by Gasteiger charge is 2.19. The molecule has 0 aliphatic rings. The van der Waals surface area contributed by atoms with Gasteiger partial charge in [0, 0.05) is 12.6 Å². The lowest BCUT2D eigenvalue weighted by Crippen LogP contribution is -2.18. The van der Waals surface area contributed by atoms with Crippen molar-refractivity contribution in [3.8, 4) is 5.75 Å². The molecule has 0 saturated carbocycles. The summed E-state index contributed by atoms with van der Waals surface area (Å²) in [5, 5.41) is 2.45. The molecule has 0 aromatic heterocycles. The molecule has 0 spiro atoms. The van der Waals surface area contributed by atoms with Crippen LogP contribution in [0.15, 0.2) is 82.6 Å². The van der Waals surface area contributed by atoms with Gasteiger partial charge in [0.05, 0.1) is 28.3 Å². The first-order valence-corrected chi connectivity index (χ1v) is 12.2. The molecule has 0 heterocycles. The second kappa shape index (κ2) is 9.28. The van der Waals surface area contributed by atoms with Crippen LogP contribution in [0.25, 0.3) is 0 Å². The molecule has 1 amide bonds. The molecule has 9 nitrogen and oxygen atoms in total. The minimum Gasteiger partial charge on any atom is -0.495 e. The van der Waals surface area contributed by atoms with Crippen molar-refractivity contribution in [3.63, 3.8) is 0 Å². The Balaban J connectivity index is 1.84. The number of sulfonamides is 2. The fraction of sp³-hybridized carbons (Fsp3) is 0.0952. The van der Waals surface area contributed by atoms with E-state index in [4.69, 9.17) is 4.74 Å². The lowest BCUT2D eigenvalue weighted by atomic mass is 10.2. The van der Waals surface area contributed by atoms with Gasteiger partial charge in [0.15, 0.2) is 0 Å². The van der Waals surface area contributed by atoms with Gasteiger partial charge in [-0.1, -0.05) is 18.2 Å². The lowest BCUT2D eigenvalue weighted by Gasteiger charge is -2.13. The van der Waals surface area contributed by atoms with Gasteiger partial charge in [0.25, 0.3) is 26.0 Å². The molecule has 0 unspecified atom stereocenters. The maximum Gasteiger partial charge on any atom is 0.262 e. The van der Waals surface area contributed by atoms with E-state index < -0.39 is 20.0 Å². The van der Waals surface area contributed by atoms with Gasteiger partial charge in [-0.2, -0.15) is 0 Å². The Bertz CT molecular complexity index is 1340. The summed E-state index contributed by atoms with van der Waals surface area (Å²) in [6.07, 6.45) is 0. The van der Waals surface area contributed by atoms with Crippen molar-refractivity contribution < 1.29 is 26.4 Å². The largest absolute Gasteiger partial charge is 0.495 e. The Hall–Kier alpha value is -3.57. The Kier molecular flexibility index (Phi) is 6.70. The van der Waals surface area contributed by atoms with Gasteiger partial charge in [0.2, 0.25) is 0 Å². The van der Waals surface area contributed by atoms with E-state index in [0.717, 1.165) is 0 Å². The van der Waals surface area contributed by atoms with Crippen molar-refractivity contribution in [2.75, 3.05) is 23.6 Å². The van der Waals surface area contributed by atoms with Crippen molar-refractivity contribution in [2.45, 2.75) is 9.79 Å². The fourth-order valence-electron chi connectivity index (χ4n) is 2.80. The number of rotatable bonds is 8. The monoisotopic (exact) mass is 475 g/mol. The Morgan fingerprint density at radius 1 is 0.781 bits per heavy atom. The summed E-state index contributed by atoms with van der Waals surface area (Å²) in [4.78, 5) is 11.4. The number of ether oxygens (including phenoxy) is 1. The molecule has 0 bridgehead atoms. The number of amides is 1. The highest BCUT2D eigenvalue weighted by atomic mass is 32.2. The first-order chi connectivity index (χ1) is 15.2. The smallest absolute Gasteiger partial charge is 0.262 e. The predicted octanol–water partition coefficient (Wildman–Crippen LogP) is 2.66. The van der Waals surface area contributed by atoms with Crippen LogP contribution in [-0.4, -0.2) is 36.9 Å². The van der Waals surface area contributed by atoms with Gasteiger partial charge in [0.1, 0.15) is 5.75 Å². The van der Waals surface area contributed by atoms with Gasteiger partial charge in [-0.25, -0.2) is 16.8 Å². The first kappa shape index (κ1) is 23.1. The molecule has 3 rings (SSSR count). The topological polar surface area (TPSA) is 131 Å². The van der Waals surface area contributed by atoms with E-state index in [0.29, 0.717) is 11.3 Å². The van der Waals surface area contributed by atoms with Crippen LogP contribution in [-0.2, 0) is 20.0 Å². The third-order valence-electron chi connectivity index (χ3n) is 4.40. The molecule has 0 saturated heterocycles. The van der Waals surface area contributed by atoms with Gasteiger partial charge < -0.3 is 10.1 Å². The van der Waals surface area contributed by atoms with E-state index in [1.165, 1.54) is 62.7 Å². The molecule has 0 atom stereocenters. The number of carbonyl (C=O) groups is 1. The number of benzene rings is 3. The number of carbonyl (C=O) groups excluding carboxylic acids is 1. The Morgan fingerprint density at radius 2 is 1.44 bits per heavy atom. The minimum atomic E-state index is -4.02. The normalized spacial score (nSPS) is 11.4. The van der Waals surface area contributed by atoms with Crippen LogP contribution in [0.5, 0.6) is 5.75 Å². The zero-order valence-electron chi connectivity index (χ0n) is 17.2. The zero-order chi connectivity index (χ0) is 23.4.